The lowest BCUT2D eigenvalue weighted by Crippen LogP contribution is -1.97. The van der Waals surface area contributed by atoms with E-state index in [0.717, 1.165) is 19.4 Å². The largest absolute Gasteiger partial charge is 0.475 e. The molecule has 0 bridgehead atoms. The van der Waals surface area contributed by atoms with Gasteiger partial charge >= 0.3 is 0 Å². The van der Waals surface area contributed by atoms with Gasteiger partial charge in [-0.15, -0.1) is 0 Å². The first-order chi connectivity index (χ1) is 11.9. The van der Waals surface area contributed by atoms with Crippen LogP contribution in [0.1, 0.15) is 117 Å². The first-order valence-electron chi connectivity index (χ1n) is 10.8. The lowest BCUT2D eigenvalue weighted by Gasteiger charge is -2.03. The molecule has 0 saturated carbocycles. The number of allylic oxidation sites excluding steroid dienone is 1. The molecule has 0 aromatic heterocycles. The van der Waals surface area contributed by atoms with Gasteiger partial charge in [-0.05, 0) is 25.3 Å². The summed E-state index contributed by atoms with van der Waals surface area (Å²) >= 11 is 0. The minimum atomic E-state index is 0.405. The van der Waals surface area contributed by atoms with E-state index >= 15 is 0 Å². The third-order valence-corrected chi connectivity index (χ3v) is 4.46. The van der Waals surface area contributed by atoms with E-state index in [1.807, 2.05) is 6.26 Å². The van der Waals surface area contributed by atoms with E-state index in [1.54, 1.807) is 0 Å². The Morgan fingerprint density at radius 1 is 0.583 bits per heavy atom. The summed E-state index contributed by atoms with van der Waals surface area (Å²) in [5, 5.41) is 0. The summed E-state index contributed by atoms with van der Waals surface area (Å²) in [6, 6.07) is 0. The minimum Gasteiger partial charge on any atom is -0.475 e. The number of rotatable bonds is 20. The van der Waals surface area contributed by atoms with Gasteiger partial charge in [0.1, 0.15) is 0 Å². The molecule has 2 heteroatoms. The summed E-state index contributed by atoms with van der Waals surface area (Å²) in [4.78, 5) is 0. The van der Waals surface area contributed by atoms with Gasteiger partial charge in [-0.3, -0.25) is 0 Å². The Morgan fingerprint density at radius 3 is 1.67 bits per heavy atom. The molecule has 0 atom stereocenters. The van der Waals surface area contributed by atoms with Crippen LogP contribution in [0.3, 0.4) is 0 Å². The van der Waals surface area contributed by atoms with Crippen molar-refractivity contribution < 1.29 is 9.47 Å². The molecule has 0 aliphatic heterocycles. The van der Waals surface area contributed by atoms with Crippen molar-refractivity contribution in [3.05, 3.63) is 12.3 Å². The van der Waals surface area contributed by atoms with Crippen LogP contribution in [-0.4, -0.2) is 13.4 Å². The Hall–Kier alpha value is -0.500. The molecule has 0 fully saturated rings. The summed E-state index contributed by atoms with van der Waals surface area (Å²) < 4.78 is 10.8. The second-order valence-corrected chi connectivity index (χ2v) is 6.95. The molecule has 0 rings (SSSR count). The number of hydrogen-bond donors (Lipinski definition) is 0. The van der Waals surface area contributed by atoms with Gasteiger partial charge in [0.05, 0.1) is 12.9 Å². The highest BCUT2D eigenvalue weighted by molar-refractivity contribution is 4.72. The molecule has 0 unspecified atom stereocenters. The molecule has 0 spiro atoms. The molecular weight excluding hydrogens is 296 g/mol. The Morgan fingerprint density at radius 2 is 1.08 bits per heavy atom. The second-order valence-electron chi connectivity index (χ2n) is 6.95. The monoisotopic (exact) mass is 340 g/mol. The van der Waals surface area contributed by atoms with Crippen molar-refractivity contribution in [2.45, 2.75) is 117 Å². The van der Waals surface area contributed by atoms with Gasteiger partial charge in [0.2, 0.25) is 0 Å². The fourth-order valence-corrected chi connectivity index (χ4v) is 2.84. The van der Waals surface area contributed by atoms with Crippen LogP contribution in [0.5, 0.6) is 0 Å². The van der Waals surface area contributed by atoms with Gasteiger partial charge in [-0.1, -0.05) is 97.3 Å². The number of hydrogen-bond acceptors (Lipinski definition) is 2. The fourth-order valence-electron chi connectivity index (χ4n) is 2.84. The number of unbranched alkanes of at least 4 members (excludes halogenated alkanes) is 14. The van der Waals surface area contributed by atoms with E-state index in [4.69, 9.17) is 9.47 Å². The molecule has 0 saturated heterocycles. The van der Waals surface area contributed by atoms with Gasteiger partial charge in [-0.25, -0.2) is 0 Å². The summed E-state index contributed by atoms with van der Waals surface area (Å²) in [6.07, 6.45) is 25.4. The maximum absolute atomic E-state index is 5.45. The van der Waals surface area contributed by atoms with Crippen molar-refractivity contribution in [3.63, 3.8) is 0 Å². The third kappa shape index (κ3) is 21.5. The van der Waals surface area contributed by atoms with Crippen molar-refractivity contribution in [1.29, 1.82) is 0 Å². The average Bonchev–Trinajstić information content (AvgIpc) is 2.60. The van der Waals surface area contributed by atoms with E-state index in [-0.39, 0.29) is 0 Å². The topological polar surface area (TPSA) is 18.5 Å². The quantitative estimate of drug-likeness (QED) is 0.128. The lowest BCUT2D eigenvalue weighted by molar-refractivity contribution is -0.0128. The Bertz CT molecular complexity index is 238. The van der Waals surface area contributed by atoms with Crippen molar-refractivity contribution in [2.24, 2.45) is 0 Å². The maximum Gasteiger partial charge on any atom is 0.188 e. The number of ether oxygens (including phenoxy) is 2. The van der Waals surface area contributed by atoms with Crippen LogP contribution in [-0.2, 0) is 9.47 Å². The SMILES string of the molecule is CCCCCCCCCCCCC=COCOCCCCCCC. The molecule has 2 nitrogen and oxygen atoms in total. The zero-order valence-electron chi connectivity index (χ0n) is 16.7. The zero-order valence-corrected chi connectivity index (χ0v) is 16.7. The van der Waals surface area contributed by atoms with Gasteiger partial charge < -0.3 is 9.47 Å². The predicted molar refractivity (Wildman–Crippen MR) is 106 cm³/mol. The molecule has 144 valence electrons. The molecular formula is C22H44O2. The maximum atomic E-state index is 5.45. The van der Waals surface area contributed by atoms with Crippen molar-refractivity contribution in [1.82, 2.24) is 0 Å². The van der Waals surface area contributed by atoms with Gasteiger partial charge in [0.15, 0.2) is 6.79 Å². The van der Waals surface area contributed by atoms with Crippen molar-refractivity contribution in [3.8, 4) is 0 Å². The first kappa shape index (κ1) is 23.5. The first-order valence-corrected chi connectivity index (χ1v) is 10.8. The van der Waals surface area contributed by atoms with E-state index in [2.05, 4.69) is 19.9 Å². The molecule has 0 radical (unpaired) electrons. The summed E-state index contributed by atoms with van der Waals surface area (Å²) in [6.45, 7) is 5.76. The summed E-state index contributed by atoms with van der Waals surface area (Å²) in [5.41, 5.74) is 0. The van der Waals surface area contributed by atoms with E-state index in [1.165, 1.54) is 89.9 Å². The van der Waals surface area contributed by atoms with Crippen LogP contribution >= 0.6 is 0 Å². The van der Waals surface area contributed by atoms with Crippen molar-refractivity contribution in [2.75, 3.05) is 13.4 Å². The standard InChI is InChI=1S/C22H44O2/c1-3-5-7-9-10-11-12-13-14-15-17-19-21-24-22-23-20-18-16-8-6-4-2/h19,21H,3-18,20,22H2,1-2H3. The highest BCUT2D eigenvalue weighted by atomic mass is 16.7. The van der Waals surface area contributed by atoms with Crippen LogP contribution in [0.2, 0.25) is 0 Å². The summed E-state index contributed by atoms with van der Waals surface area (Å²) in [5.74, 6) is 0. The Balaban J connectivity index is 3.03. The molecule has 24 heavy (non-hydrogen) atoms. The molecule has 0 aliphatic rings. The zero-order chi connectivity index (χ0) is 17.6. The second kappa shape index (κ2) is 22.5. The van der Waals surface area contributed by atoms with E-state index in [9.17, 15) is 0 Å². The highest BCUT2D eigenvalue weighted by Gasteiger charge is 1.92. The third-order valence-electron chi connectivity index (χ3n) is 4.46. The molecule has 0 amide bonds. The molecule has 0 N–H and O–H groups in total. The van der Waals surface area contributed by atoms with Gasteiger partial charge in [0, 0.05) is 0 Å². The van der Waals surface area contributed by atoms with Gasteiger partial charge in [0.25, 0.3) is 0 Å². The summed E-state index contributed by atoms with van der Waals surface area (Å²) in [7, 11) is 0. The smallest absolute Gasteiger partial charge is 0.188 e. The molecule has 0 aromatic carbocycles. The van der Waals surface area contributed by atoms with Crippen LogP contribution in [0.15, 0.2) is 12.3 Å². The Kier molecular flexibility index (Phi) is 22.0. The molecule has 0 heterocycles. The predicted octanol–water partition coefficient (Wildman–Crippen LogP) is 7.77. The normalized spacial score (nSPS) is 11.4. The fraction of sp³-hybridized carbons (Fsp3) is 0.909. The van der Waals surface area contributed by atoms with Crippen LogP contribution in [0, 0.1) is 0 Å². The van der Waals surface area contributed by atoms with Crippen molar-refractivity contribution >= 4 is 0 Å². The van der Waals surface area contributed by atoms with Crippen LogP contribution in [0.25, 0.3) is 0 Å². The van der Waals surface area contributed by atoms with Crippen LogP contribution in [0.4, 0.5) is 0 Å². The van der Waals surface area contributed by atoms with E-state index in [0.29, 0.717) is 6.79 Å². The molecule has 0 aromatic rings. The Labute approximate surface area is 152 Å². The minimum absolute atomic E-state index is 0.405. The van der Waals surface area contributed by atoms with E-state index < -0.39 is 0 Å². The average molecular weight is 341 g/mol. The molecule has 0 aliphatic carbocycles. The lowest BCUT2D eigenvalue weighted by atomic mass is 10.1. The van der Waals surface area contributed by atoms with Gasteiger partial charge in [-0.2, -0.15) is 0 Å². The highest BCUT2D eigenvalue weighted by Crippen LogP contribution is 2.11. The van der Waals surface area contributed by atoms with Crippen LogP contribution < -0.4 is 0 Å².